The number of aromatic nitrogens is 2. The number of hydrogen-bond donors (Lipinski definition) is 0. The van der Waals surface area contributed by atoms with Crippen molar-refractivity contribution in [3.05, 3.63) is 88.0 Å². The number of fused-ring (bicyclic) bond motifs is 1. The second kappa shape index (κ2) is 11.1. The van der Waals surface area contributed by atoms with Gasteiger partial charge >= 0.3 is 12.4 Å². The van der Waals surface area contributed by atoms with E-state index in [-0.39, 0.29) is 48.3 Å². The van der Waals surface area contributed by atoms with E-state index in [9.17, 15) is 43.9 Å². The lowest BCUT2D eigenvalue weighted by Crippen LogP contribution is -2.35. The predicted octanol–water partition coefficient (Wildman–Crippen LogP) is 5.31. The molecule has 0 aliphatic carbocycles. The van der Waals surface area contributed by atoms with Gasteiger partial charge in [0.1, 0.15) is 11.5 Å². The first kappa shape index (κ1) is 30.0. The van der Waals surface area contributed by atoms with Gasteiger partial charge in [0.05, 0.1) is 35.0 Å². The average molecular weight is 600 g/mol. The van der Waals surface area contributed by atoms with Crippen LogP contribution in [0, 0.1) is 17.7 Å². The van der Waals surface area contributed by atoms with Crippen molar-refractivity contribution in [2.24, 2.45) is 0 Å². The number of aryl methyl sites for hydroxylation is 1. The van der Waals surface area contributed by atoms with Gasteiger partial charge in [-0.15, -0.1) is 5.10 Å². The molecule has 1 amide bonds. The van der Waals surface area contributed by atoms with Crippen LogP contribution in [0.1, 0.15) is 46.0 Å². The van der Waals surface area contributed by atoms with Crippen LogP contribution in [0.5, 0.6) is 0 Å². The molecule has 1 aromatic heterocycles. The standard InChI is InChI=1S/C27H20F7N3O3S/c1-41(39,40)15-20-8-7-19(35-36-20)3-2-12-37-24-11-6-18(28)13-16(24)4-9-22(25(37)38)21-10-5-17(26(29,30)31)14-23(21)27(32,33)34/h5-8,10-11,13-14,22H,4,9,12,15H2,1H3. The van der Waals surface area contributed by atoms with E-state index in [0.717, 1.165) is 23.3 Å². The molecule has 1 unspecified atom stereocenters. The molecule has 0 saturated carbocycles. The third-order valence-electron chi connectivity index (χ3n) is 6.24. The summed E-state index contributed by atoms with van der Waals surface area (Å²) in [6.45, 7) is -0.372. The molecule has 1 atom stereocenters. The molecular formula is C27H20F7N3O3S. The molecule has 6 nitrogen and oxygen atoms in total. The van der Waals surface area contributed by atoms with Crippen LogP contribution in [-0.4, -0.2) is 37.3 Å². The SMILES string of the molecule is CS(=O)(=O)Cc1ccc(C#CCN2C(=O)C(c3ccc(C(F)(F)F)cc3C(F)(F)F)CCc3cc(F)ccc32)nn1. The van der Waals surface area contributed by atoms with Gasteiger partial charge in [-0.2, -0.15) is 31.4 Å². The molecule has 0 radical (unpaired) electrons. The lowest BCUT2D eigenvalue weighted by atomic mass is 9.88. The Labute approximate surface area is 230 Å². The largest absolute Gasteiger partial charge is 0.416 e. The van der Waals surface area contributed by atoms with E-state index in [1.165, 1.54) is 18.2 Å². The second-order valence-electron chi connectivity index (χ2n) is 9.37. The highest BCUT2D eigenvalue weighted by atomic mass is 32.2. The lowest BCUT2D eigenvalue weighted by Gasteiger charge is -2.26. The molecule has 0 N–H and O–H groups in total. The van der Waals surface area contributed by atoms with Crippen LogP contribution in [0.3, 0.4) is 0 Å². The van der Waals surface area contributed by atoms with Crippen LogP contribution in [0.2, 0.25) is 0 Å². The zero-order valence-corrected chi connectivity index (χ0v) is 22.0. The average Bonchev–Trinajstić information content (AvgIpc) is 2.99. The van der Waals surface area contributed by atoms with Gasteiger partial charge in [-0.05, 0) is 72.4 Å². The summed E-state index contributed by atoms with van der Waals surface area (Å²) in [5, 5.41) is 7.58. The highest BCUT2D eigenvalue weighted by Crippen LogP contribution is 2.42. The van der Waals surface area contributed by atoms with Crippen LogP contribution in [0.15, 0.2) is 48.5 Å². The molecule has 0 saturated heterocycles. The van der Waals surface area contributed by atoms with Crippen LogP contribution >= 0.6 is 0 Å². The summed E-state index contributed by atoms with van der Waals surface area (Å²) in [6.07, 6.45) is -9.44. The number of sulfone groups is 1. The third kappa shape index (κ3) is 7.21. The minimum Gasteiger partial charge on any atom is -0.300 e. The first-order chi connectivity index (χ1) is 19.0. The van der Waals surface area contributed by atoms with Gasteiger partial charge in [0.15, 0.2) is 9.84 Å². The number of halogens is 7. The van der Waals surface area contributed by atoms with Crippen molar-refractivity contribution in [2.75, 3.05) is 17.7 Å². The minimum absolute atomic E-state index is 0.0173. The highest BCUT2D eigenvalue weighted by Gasteiger charge is 2.42. The van der Waals surface area contributed by atoms with Crippen LogP contribution in [0.25, 0.3) is 0 Å². The summed E-state index contributed by atoms with van der Waals surface area (Å²) in [7, 11) is -3.35. The van der Waals surface area contributed by atoms with Crippen molar-refractivity contribution in [1.82, 2.24) is 10.2 Å². The number of alkyl halides is 6. The fourth-order valence-electron chi connectivity index (χ4n) is 4.46. The first-order valence-electron chi connectivity index (χ1n) is 11.9. The Morgan fingerprint density at radius 1 is 0.976 bits per heavy atom. The summed E-state index contributed by atoms with van der Waals surface area (Å²) in [6, 6.07) is 7.41. The van der Waals surface area contributed by atoms with E-state index >= 15 is 0 Å². The van der Waals surface area contributed by atoms with E-state index in [4.69, 9.17) is 0 Å². The number of carbonyl (C=O) groups excluding carboxylic acids is 1. The Morgan fingerprint density at radius 3 is 2.32 bits per heavy atom. The van der Waals surface area contributed by atoms with Gasteiger partial charge in [-0.3, -0.25) is 9.69 Å². The summed E-state index contributed by atoms with van der Waals surface area (Å²) in [5.74, 6) is 1.96. The number of carbonyl (C=O) groups is 1. The Kier molecular flexibility index (Phi) is 8.13. The zero-order chi connectivity index (χ0) is 30.2. The molecule has 2 heterocycles. The van der Waals surface area contributed by atoms with Crippen molar-refractivity contribution >= 4 is 21.4 Å². The Balaban J connectivity index is 1.71. The minimum atomic E-state index is -5.19. The summed E-state index contributed by atoms with van der Waals surface area (Å²) < 4.78 is 118. The zero-order valence-electron chi connectivity index (χ0n) is 21.1. The number of nitrogens with zero attached hydrogens (tertiary/aromatic N) is 3. The molecule has 2 aromatic carbocycles. The summed E-state index contributed by atoms with van der Waals surface area (Å²) in [4.78, 5) is 14.7. The first-order valence-corrected chi connectivity index (χ1v) is 14.0. The van der Waals surface area contributed by atoms with Crippen LogP contribution in [0.4, 0.5) is 36.4 Å². The maximum atomic E-state index is 14.0. The number of hydrogen-bond acceptors (Lipinski definition) is 5. The molecule has 0 spiro atoms. The second-order valence-corrected chi connectivity index (χ2v) is 11.5. The van der Waals surface area contributed by atoms with Gasteiger partial charge in [-0.25, -0.2) is 12.8 Å². The van der Waals surface area contributed by atoms with Gasteiger partial charge in [-0.1, -0.05) is 12.0 Å². The molecule has 4 rings (SSSR count). The topological polar surface area (TPSA) is 80.2 Å². The maximum absolute atomic E-state index is 14.0. The van der Waals surface area contributed by atoms with Crippen LogP contribution < -0.4 is 4.90 Å². The molecular weight excluding hydrogens is 579 g/mol. The normalized spacial score (nSPS) is 16.0. The van der Waals surface area contributed by atoms with Crippen molar-refractivity contribution < 1.29 is 43.9 Å². The van der Waals surface area contributed by atoms with Crippen LogP contribution in [-0.2, 0) is 39.2 Å². The molecule has 0 fully saturated rings. The number of rotatable bonds is 4. The Bertz CT molecular complexity index is 1640. The molecule has 14 heteroatoms. The van der Waals surface area contributed by atoms with Crippen molar-refractivity contribution in [2.45, 2.75) is 36.9 Å². The Hall–Kier alpha value is -3.99. The maximum Gasteiger partial charge on any atom is 0.416 e. The van der Waals surface area contributed by atoms with Gasteiger partial charge in [0, 0.05) is 11.9 Å². The van der Waals surface area contributed by atoms with E-state index in [0.29, 0.717) is 17.7 Å². The van der Waals surface area contributed by atoms with Crippen molar-refractivity contribution in [1.29, 1.82) is 0 Å². The summed E-state index contributed by atoms with van der Waals surface area (Å²) >= 11 is 0. The number of anilines is 1. The molecule has 0 bridgehead atoms. The van der Waals surface area contributed by atoms with E-state index in [2.05, 4.69) is 22.0 Å². The molecule has 216 valence electrons. The fourth-order valence-corrected chi connectivity index (χ4v) is 5.15. The van der Waals surface area contributed by atoms with Gasteiger partial charge in [0.2, 0.25) is 5.91 Å². The smallest absolute Gasteiger partial charge is 0.300 e. The van der Waals surface area contributed by atoms with Crippen molar-refractivity contribution in [3.8, 4) is 11.8 Å². The van der Waals surface area contributed by atoms with E-state index in [1.807, 2.05) is 0 Å². The predicted molar refractivity (Wildman–Crippen MR) is 134 cm³/mol. The molecule has 1 aliphatic heterocycles. The van der Waals surface area contributed by atoms with Crippen molar-refractivity contribution in [3.63, 3.8) is 0 Å². The fraction of sp³-hybridized carbons (Fsp3) is 0.296. The van der Waals surface area contributed by atoms with Gasteiger partial charge in [0.25, 0.3) is 0 Å². The number of benzene rings is 2. The van der Waals surface area contributed by atoms with E-state index < -0.39 is 56.5 Å². The molecule has 1 aliphatic rings. The summed E-state index contributed by atoms with van der Waals surface area (Å²) in [5.41, 5.74) is -2.92. The monoisotopic (exact) mass is 599 g/mol. The molecule has 41 heavy (non-hydrogen) atoms. The van der Waals surface area contributed by atoms with Gasteiger partial charge < -0.3 is 0 Å². The quantitative estimate of drug-likeness (QED) is 0.300. The third-order valence-corrected chi connectivity index (χ3v) is 7.06. The number of amides is 1. The Morgan fingerprint density at radius 2 is 1.71 bits per heavy atom. The molecule has 3 aromatic rings. The van der Waals surface area contributed by atoms with E-state index in [1.54, 1.807) is 0 Å². The highest BCUT2D eigenvalue weighted by molar-refractivity contribution is 7.89. The lowest BCUT2D eigenvalue weighted by molar-refractivity contribution is -0.143.